The molecule has 17 heavy (non-hydrogen) atoms. The van der Waals surface area contributed by atoms with E-state index in [4.69, 9.17) is 4.74 Å². The van der Waals surface area contributed by atoms with Crippen molar-refractivity contribution >= 4 is 6.09 Å². The van der Waals surface area contributed by atoms with Crippen LogP contribution >= 0.6 is 0 Å². The number of amides is 1. The molecule has 0 atom stereocenters. The number of rotatable bonds is 2. The van der Waals surface area contributed by atoms with Crippen LogP contribution in [0, 0.1) is 5.92 Å². The number of piperidine rings is 1. The molecule has 0 aromatic carbocycles. The van der Waals surface area contributed by atoms with Crippen molar-refractivity contribution in [2.75, 3.05) is 32.8 Å². The lowest BCUT2D eigenvalue weighted by molar-refractivity contribution is 0.0827. The summed E-state index contributed by atoms with van der Waals surface area (Å²) in [7, 11) is 0. The van der Waals surface area contributed by atoms with Gasteiger partial charge in [0.15, 0.2) is 0 Å². The van der Waals surface area contributed by atoms with Crippen molar-refractivity contribution in [1.82, 2.24) is 10.2 Å². The van der Waals surface area contributed by atoms with E-state index in [1.807, 2.05) is 4.90 Å². The summed E-state index contributed by atoms with van der Waals surface area (Å²) in [4.78, 5) is 13.8. The van der Waals surface area contributed by atoms with Crippen molar-refractivity contribution in [3.05, 3.63) is 0 Å². The highest BCUT2D eigenvalue weighted by Crippen LogP contribution is 2.14. The van der Waals surface area contributed by atoms with E-state index in [2.05, 4.69) is 5.32 Å². The van der Waals surface area contributed by atoms with E-state index in [0.717, 1.165) is 51.9 Å². The summed E-state index contributed by atoms with van der Waals surface area (Å²) in [5.74, 6) is 0.562. The van der Waals surface area contributed by atoms with Crippen LogP contribution in [0.5, 0.6) is 0 Å². The third kappa shape index (κ3) is 4.19. The quantitative estimate of drug-likeness (QED) is 0.802. The average Bonchev–Trinajstić information content (AvgIpc) is 2.66. The highest BCUT2D eigenvalue weighted by Gasteiger charge is 2.19. The van der Waals surface area contributed by atoms with Gasteiger partial charge in [-0.1, -0.05) is 12.8 Å². The minimum Gasteiger partial charge on any atom is -0.449 e. The van der Waals surface area contributed by atoms with Crippen LogP contribution in [-0.2, 0) is 4.74 Å². The van der Waals surface area contributed by atoms with Crippen LogP contribution in [0.2, 0.25) is 0 Å². The molecule has 2 saturated heterocycles. The van der Waals surface area contributed by atoms with E-state index < -0.39 is 0 Å². The second-order valence-electron chi connectivity index (χ2n) is 5.17. The minimum atomic E-state index is -0.0922. The molecule has 1 N–H and O–H groups in total. The van der Waals surface area contributed by atoms with Gasteiger partial charge in [-0.3, -0.25) is 0 Å². The molecular weight excluding hydrogens is 216 g/mol. The van der Waals surface area contributed by atoms with Gasteiger partial charge in [0.1, 0.15) is 0 Å². The molecule has 2 aliphatic heterocycles. The molecule has 2 heterocycles. The molecule has 0 bridgehead atoms. The summed E-state index contributed by atoms with van der Waals surface area (Å²) in [5.41, 5.74) is 0. The van der Waals surface area contributed by atoms with E-state index in [-0.39, 0.29) is 6.09 Å². The molecule has 2 fully saturated rings. The summed E-state index contributed by atoms with van der Waals surface area (Å²) in [6.45, 7) is 4.49. The van der Waals surface area contributed by atoms with E-state index >= 15 is 0 Å². The predicted octanol–water partition coefficient (Wildman–Crippen LogP) is 2.00. The highest BCUT2D eigenvalue weighted by atomic mass is 16.6. The lowest BCUT2D eigenvalue weighted by Crippen LogP contribution is -2.35. The molecule has 2 rings (SSSR count). The summed E-state index contributed by atoms with van der Waals surface area (Å²) in [5, 5.41) is 3.32. The second kappa shape index (κ2) is 6.84. The Kier molecular flexibility index (Phi) is 5.10. The first-order valence-corrected chi connectivity index (χ1v) is 6.98. The maximum atomic E-state index is 11.9. The van der Waals surface area contributed by atoms with Gasteiger partial charge in [0.2, 0.25) is 0 Å². The van der Waals surface area contributed by atoms with Gasteiger partial charge in [0.25, 0.3) is 0 Å². The number of hydrogen-bond acceptors (Lipinski definition) is 3. The molecule has 1 amide bonds. The standard InChI is InChI=1S/C13H24N2O2/c16-13(15-9-3-1-2-4-10-15)17-11-12-5-7-14-8-6-12/h12,14H,1-11H2. The minimum absolute atomic E-state index is 0.0922. The zero-order valence-electron chi connectivity index (χ0n) is 10.6. The molecule has 0 aromatic heterocycles. The zero-order chi connectivity index (χ0) is 11.9. The number of nitrogens with zero attached hydrogens (tertiary/aromatic N) is 1. The Labute approximate surface area is 104 Å². The number of carbonyl (C=O) groups excluding carboxylic acids is 1. The van der Waals surface area contributed by atoms with Gasteiger partial charge < -0.3 is 15.0 Å². The third-order valence-corrected chi connectivity index (χ3v) is 3.77. The van der Waals surface area contributed by atoms with Crippen LogP contribution in [-0.4, -0.2) is 43.8 Å². The van der Waals surface area contributed by atoms with E-state index in [1.54, 1.807) is 0 Å². The Bertz CT molecular complexity index is 232. The molecule has 4 heteroatoms. The summed E-state index contributed by atoms with van der Waals surface area (Å²) < 4.78 is 5.44. The van der Waals surface area contributed by atoms with Crippen LogP contribution in [0.4, 0.5) is 4.79 Å². The molecule has 0 aliphatic carbocycles. The maximum Gasteiger partial charge on any atom is 0.409 e. The van der Waals surface area contributed by atoms with Crippen LogP contribution in [0.1, 0.15) is 38.5 Å². The topological polar surface area (TPSA) is 41.6 Å². The van der Waals surface area contributed by atoms with Crippen LogP contribution in [0.3, 0.4) is 0 Å². The number of nitrogens with one attached hydrogen (secondary N) is 1. The van der Waals surface area contributed by atoms with Crippen molar-refractivity contribution in [2.24, 2.45) is 5.92 Å². The number of carbonyl (C=O) groups is 1. The smallest absolute Gasteiger partial charge is 0.409 e. The Morgan fingerprint density at radius 2 is 1.76 bits per heavy atom. The SMILES string of the molecule is O=C(OCC1CCNCC1)N1CCCCCC1. The van der Waals surface area contributed by atoms with Gasteiger partial charge in [-0.15, -0.1) is 0 Å². The predicted molar refractivity (Wildman–Crippen MR) is 67.0 cm³/mol. The molecule has 0 saturated carbocycles. The molecule has 0 aromatic rings. The first-order valence-electron chi connectivity index (χ1n) is 6.98. The normalized spacial score (nSPS) is 23.2. The maximum absolute atomic E-state index is 11.9. The van der Waals surface area contributed by atoms with Gasteiger partial charge in [0, 0.05) is 13.1 Å². The number of hydrogen-bond donors (Lipinski definition) is 1. The number of ether oxygens (including phenoxy) is 1. The molecule has 4 nitrogen and oxygen atoms in total. The highest BCUT2D eigenvalue weighted by molar-refractivity contribution is 5.67. The first kappa shape index (κ1) is 12.7. The Hall–Kier alpha value is -0.770. The van der Waals surface area contributed by atoms with E-state index in [1.165, 1.54) is 12.8 Å². The Balaban J connectivity index is 1.68. The molecule has 0 unspecified atom stereocenters. The zero-order valence-corrected chi connectivity index (χ0v) is 10.6. The van der Waals surface area contributed by atoms with E-state index in [9.17, 15) is 4.79 Å². The lowest BCUT2D eigenvalue weighted by atomic mass is 9.99. The number of likely N-dealkylation sites (tertiary alicyclic amines) is 1. The Morgan fingerprint density at radius 3 is 2.41 bits per heavy atom. The van der Waals surface area contributed by atoms with E-state index in [0.29, 0.717) is 12.5 Å². The van der Waals surface area contributed by atoms with Gasteiger partial charge in [-0.05, 0) is 44.7 Å². The second-order valence-corrected chi connectivity index (χ2v) is 5.17. The lowest BCUT2D eigenvalue weighted by Gasteiger charge is -2.25. The molecule has 98 valence electrons. The molecular formula is C13H24N2O2. The van der Waals surface area contributed by atoms with Gasteiger partial charge >= 0.3 is 6.09 Å². The largest absolute Gasteiger partial charge is 0.449 e. The van der Waals surface area contributed by atoms with Crippen molar-refractivity contribution in [2.45, 2.75) is 38.5 Å². The van der Waals surface area contributed by atoms with Crippen molar-refractivity contribution in [3.8, 4) is 0 Å². The van der Waals surface area contributed by atoms with Crippen molar-refractivity contribution in [3.63, 3.8) is 0 Å². The molecule has 0 radical (unpaired) electrons. The van der Waals surface area contributed by atoms with Crippen LogP contribution in [0.25, 0.3) is 0 Å². The summed E-state index contributed by atoms with van der Waals surface area (Å²) in [6.07, 6.45) is 6.92. The summed E-state index contributed by atoms with van der Waals surface area (Å²) in [6, 6.07) is 0. The van der Waals surface area contributed by atoms with Crippen LogP contribution < -0.4 is 5.32 Å². The summed E-state index contributed by atoms with van der Waals surface area (Å²) >= 11 is 0. The molecule has 2 aliphatic rings. The van der Waals surface area contributed by atoms with Gasteiger partial charge in [-0.2, -0.15) is 0 Å². The fourth-order valence-corrected chi connectivity index (χ4v) is 2.58. The van der Waals surface area contributed by atoms with Gasteiger partial charge in [-0.25, -0.2) is 4.79 Å². The monoisotopic (exact) mass is 240 g/mol. The third-order valence-electron chi connectivity index (χ3n) is 3.77. The van der Waals surface area contributed by atoms with Crippen LogP contribution in [0.15, 0.2) is 0 Å². The van der Waals surface area contributed by atoms with Gasteiger partial charge in [0.05, 0.1) is 6.61 Å². The fourth-order valence-electron chi connectivity index (χ4n) is 2.58. The average molecular weight is 240 g/mol. The van der Waals surface area contributed by atoms with Crippen molar-refractivity contribution in [1.29, 1.82) is 0 Å². The molecule has 0 spiro atoms. The van der Waals surface area contributed by atoms with Crippen molar-refractivity contribution < 1.29 is 9.53 Å². The first-order chi connectivity index (χ1) is 8.36. The fraction of sp³-hybridized carbons (Fsp3) is 0.923. The Morgan fingerprint density at radius 1 is 1.12 bits per heavy atom.